The number of nitrogens with zero attached hydrogens (tertiary/aromatic N) is 1. The van der Waals surface area contributed by atoms with Gasteiger partial charge in [0, 0.05) is 0 Å². The molecule has 3 nitrogen and oxygen atoms in total. The van der Waals surface area contributed by atoms with Crippen LogP contribution in [-0.2, 0) is 0 Å². The predicted molar refractivity (Wildman–Crippen MR) is 67.2 cm³/mol. The smallest absolute Gasteiger partial charge is 0.258 e. The molecule has 1 aliphatic heterocycles. The number of carbonyl (C=O) groups is 1. The number of β-amino-alcohol motifs (C(OH)–C–C–N with tert-alkyl or cyclic N) is 1. The van der Waals surface area contributed by atoms with Crippen molar-refractivity contribution in [1.82, 2.24) is 4.90 Å². The van der Waals surface area contributed by atoms with Gasteiger partial charge in [0.25, 0.3) is 5.91 Å². The standard InChI is InChI=1S/C13H15ClFNO2/c1-2-6-13(18)7-16(8-13)12(17)11-9(14)4-3-5-10(11)15/h3-5,18H,2,6-8H2,1H3. The van der Waals surface area contributed by atoms with Crippen molar-refractivity contribution < 1.29 is 14.3 Å². The topological polar surface area (TPSA) is 40.5 Å². The molecule has 1 amide bonds. The van der Waals surface area contributed by atoms with Crippen molar-refractivity contribution in [3.05, 3.63) is 34.6 Å². The molecule has 0 aromatic heterocycles. The molecule has 0 unspecified atom stereocenters. The highest BCUT2D eigenvalue weighted by Gasteiger charge is 2.43. The molecular weight excluding hydrogens is 257 g/mol. The molecule has 0 bridgehead atoms. The highest BCUT2D eigenvalue weighted by Crippen LogP contribution is 2.29. The highest BCUT2D eigenvalue weighted by atomic mass is 35.5. The van der Waals surface area contributed by atoms with Gasteiger partial charge in [-0.15, -0.1) is 0 Å². The van der Waals surface area contributed by atoms with E-state index in [4.69, 9.17) is 11.6 Å². The summed E-state index contributed by atoms with van der Waals surface area (Å²) in [6.07, 6.45) is 1.49. The first-order valence-electron chi connectivity index (χ1n) is 5.92. The minimum atomic E-state index is -0.817. The molecule has 0 saturated carbocycles. The lowest BCUT2D eigenvalue weighted by Gasteiger charge is -2.46. The number of hydrogen-bond donors (Lipinski definition) is 1. The molecule has 1 aliphatic rings. The molecule has 1 aromatic carbocycles. The van der Waals surface area contributed by atoms with E-state index in [2.05, 4.69) is 0 Å². The van der Waals surface area contributed by atoms with Crippen LogP contribution in [0.1, 0.15) is 30.1 Å². The maximum Gasteiger partial charge on any atom is 0.258 e. The van der Waals surface area contributed by atoms with Gasteiger partial charge >= 0.3 is 0 Å². The summed E-state index contributed by atoms with van der Waals surface area (Å²) in [5.41, 5.74) is -0.931. The molecule has 0 spiro atoms. The lowest BCUT2D eigenvalue weighted by molar-refractivity contribution is -0.0861. The van der Waals surface area contributed by atoms with Crippen molar-refractivity contribution in [3.63, 3.8) is 0 Å². The maximum absolute atomic E-state index is 13.6. The summed E-state index contributed by atoms with van der Waals surface area (Å²) in [5.74, 6) is -1.09. The maximum atomic E-state index is 13.6. The van der Waals surface area contributed by atoms with E-state index >= 15 is 0 Å². The molecule has 1 heterocycles. The Bertz CT molecular complexity index is 452. The third kappa shape index (κ3) is 2.35. The fourth-order valence-electron chi connectivity index (χ4n) is 2.29. The number of hydrogen-bond acceptors (Lipinski definition) is 2. The summed E-state index contributed by atoms with van der Waals surface area (Å²) < 4.78 is 13.6. The van der Waals surface area contributed by atoms with Crippen molar-refractivity contribution in [3.8, 4) is 0 Å². The summed E-state index contributed by atoms with van der Waals surface area (Å²) in [5, 5.41) is 10.1. The molecule has 2 rings (SSSR count). The zero-order valence-electron chi connectivity index (χ0n) is 10.1. The second kappa shape index (κ2) is 4.86. The van der Waals surface area contributed by atoms with Gasteiger partial charge in [0.2, 0.25) is 0 Å². The number of aliphatic hydroxyl groups is 1. The van der Waals surface area contributed by atoms with Crippen LogP contribution in [0.3, 0.4) is 0 Å². The van der Waals surface area contributed by atoms with Crippen LogP contribution in [0.25, 0.3) is 0 Å². The number of rotatable bonds is 3. The normalized spacial score (nSPS) is 17.4. The van der Waals surface area contributed by atoms with Crippen LogP contribution in [0.5, 0.6) is 0 Å². The minimum absolute atomic E-state index is 0.103. The van der Waals surface area contributed by atoms with E-state index in [9.17, 15) is 14.3 Å². The van der Waals surface area contributed by atoms with Gasteiger partial charge in [-0.1, -0.05) is 31.0 Å². The molecule has 18 heavy (non-hydrogen) atoms. The monoisotopic (exact) mass is 271 g/mol. The van der Waals surface area contributed by atoms with Gasteiger partial charge in [0.15, 0.2) is 0 Å². The largest absolute Gasteiger partial charge is 0.386 e. The summed E-state index contributed by atoms with van der Waals surface area (Å²) in [6.45, 7) is 2.45. The van der Waals surface area contributed by atoms with E-state index in [-0.39, 0.29) is 23.7 Å². The van der Waals surface area contributed by atoms with E-state index in [1.807, 2.05) is 6.92 Å². The van der Waals surface area contributed by atoms with Gasteiger partial charge in [-0.05, 0) is 18.6 Å². The van der Waals surface area contributed by atoms with Crippen molar-refractivity contribution in [1.29, 1.82) is 0 Å². The zero-order valence-corrected chi connectivity index (χ0v) is 10.9. The second-order valence-electron chi connectivity index (χ2n) is 4.73. The molecule has 98 valence electrons. The average Bonchev–Trinajstić information content (AvgIpc) is 2.25. The van der Waals surface area contributed by atoms with Crippen molar-refractivity contribution in [2.24, 2.45) is 0 Å². The minimum Gasteiger partial charge on any atom is -0.386 e. The Kier molecular flexibility index (Phi) is 3.59. The molecular formula is C13H15ClFNO2. The van der Waals surface area contributed by atoms with Crippen molar-refractivity contribution in [2.45, 2.75) is 25.4 Å². The van der Waals surface area contributed by atoms with Crippen LogP contribution in [0.2, 0.25) is 5.02 Å². The van der Waals surface area contributed by atoms with Gasteiger partial charge in [-0.3, -0.25) is 4.79 Å². The van der Waals surface area contributed by atoms with Crippen LogP contribution >= 0.6 is 11.6 Å². The highest BCUT2D eigenvalue weighted by molar-refractivity contribution is 6.33. The van der Waals surface area contributed by atoms with E-state index in [0.29, 0.717) is 6.42 Å². The van der Waals surface area contributed by atoms with Crippen molar-refractivity contribution in [2.75, 3.05) is 13.1 Å². The fourth-order valence-corrected chi connectivity index (χ4v) is 2.54. The van der Waals surface area contributed by atoms with E-state index < -0.39 is 17.3 Å². The molecule has 0 atom stereocenters. The Hall–Kier alpha value is -1.13. The third-order valence-electron chi connectivity index (χ3n) is 3.15. The van der Waals surface area contributed by atoms with Gasteiger partial charge in [-0.2, -0.15) is 0 Å². The van der Waals surface area contributed by atoms with Crippen LogP contribution < -0.4 is 0 Å². The van der Waals surface area contributed by atoms with Crippen molar-refractivity contribution >= 4 is 17.5 Å². The first-order valence-corrected chi connectivity index (χ1v) is 6.30. The Morgan fingerprint density at radius 2 is 2.22 bits per heavy atom. The average molecular weight is 272 g/mol. The Balaban J connectivity index is 2.11. The molecule has 1 aromatic rings. The SMILES string of the molecule is CCCC1(O)CN(C(=O)c2c(F)cccc2Cl)C1. The third-order valence-corrected chi connectivity index (χ3v) is 3.46. The Morgan fingerprint density at radius 3 is 2.78 bits per heavy atom. The van der Waals surface area contributed by atoms with Gasteiger partial charge in [0.1, 0.15) is 5.82 Å². The van der Waals surface area contributed by atoms with Crippen LogP contribution in [0.15, 0.2) is 18.2 Å². The Labute approximate surface area is 110 Å². The summed E-state index contributed by atoms with van der Waals surface area (Å²) in [6, 6.07) is 4.14. The number of benzene rings is 1. The van der Waals surface area contributed by atoms with Crippen LogP contribution in [-0.4, -0.2) is 34.6 Å². The molecule has 0 aliphatic carbocycles. The number of halogens is 2. The molecule has 1 saturated heterocycles. The number of amides is 1. The Morgan fingerprint density at radius 1 is 1.56 bits per heavy atom. The number of carbonyl (C=O) groups excluding carboxylic acids is 1. The van der Waals surface area contributed by atoms with Crippen LogP contribution in [0, 0.1) is 5.82 Å². The summed E-state index contributed by atoms with van der Waals surface area (Å²) >= 11 is 5.83. The first kappa shape index (κ1) is 13.3. The summed E-state index contributed by atoms with van der Waals surface area (Å²) in [7, 11) is 0. The zero-order chi connectivity index (χ0) is 13.3. The first-order chi connectivity index (χ1) is 8.47. The summed E-state index contributed by atoms with van der Waals surface area (Å²) in [4.78, 5) is 13.5. The number of likely N-dealkylation sites (tertiary alicyclic amines) is 1. The molecule has 1 fully saturated rings. The predicted octanol–water partition coefficient (Wildman–Crippen LogP) is 2.47. The lowest BCUT2D eigenvalue weighted by Crippen LogP contribution is -2.63. The molecule has 1 N–H and O–H groups in total. The lowest BCUT2D eigenvalue weighted by atomic mass is 9.88. The quantitative estimate of drug-likeness (QED) is 0.917. The van der Waals surface area contributed by atoms with E-state index in [1.54, 1.807) is 0 Å². The van der Waals surface area contributed by atoms with E-state index in [0.717, 1.165) is 6.42 Å². The fraction of sp³-hybridized carbons (Fsp3) is 0.462. The van der Waals surface area contributed by atoms with Gasteiger partial charge < -0.3 is 10.0 Å². The molecule has 5 heteroatoms. The molecule has 0 radical (unpaired) electrons. The second-order valence-corrected chi connectivity index (χ2v) is 5.14. The van der Waals surface area contributed by atoms with Crippen LogP contribution in [0.4, 0.5) is 4.39 Å². The van der Waals surface area contributed by atoms with Gasteiger partial charge in [0.05, 0.1) is 29.3 Å². The van der Waals surface area contributed by atoms with E-state index in [1.165, 1.54) is 23.1 Å². The van der Waals surface area contributed by atoms with Gasteiger partial charge in [-0.25, -0.2) is 4.39 Å².